The van der Waals surface area contributed by atoms with Crippen LogP contribution in [0.25, 0.3) is 11.3 Å². The van der Waals surface area contributed by atoms with Crippen molar-refractivity contribution in [2.75, 3.05) is 0 Å². The zero-order valence-electron chi connectivity index (χ0n) is 12.2. The van der Waals surface area contributed by atoms with Crippen molar-refractivity contribution in [1.82, 2.24) is 15.0 Å². The van der Waals surface area contributed by atoms with Crippen LogP contribution in [-0.4, -0.2) is 15.0 Å². The Morgan fingerprint density at radius 2 is 2.05 bits per heavy atom. The maximum atomic E-state index is 4.30. The van der Waals surface area contributed by atoms with Gasteiger partial charge in [-0.1, -0.05) is 48.2 Å². The molecule has 0 radical (unpaired) electrons. The van der Waals surface area contributed by atoms with Crippen molar-refractivity contribution in [2.24, 2.45) is 5.92 Å². The highest BCUT2D eigenvalue weighted by Crippen LogP contribution is 2.30. The Hall–Kier alpha value is -2.08. The molecular weight excluding hydrogens is 258 g/mol. The maximum absolute atomic E-state index is 4.30. The lowest BCUT2D eigenvalue weighted by Gasteiger charge is -2.16. The topological polar surface area (TPSA) is 30.7 Å². The van der Waals surface area contributed by atoms with Crippen LogP contribution >= 0.6 is 0 Å². The minimum absolute atomic E-state index is 0.802. The monoisotopic (exact) mass is 277 g/mol. The van der Waals surface area contributed by atoms with Crippen molar-refractivity contribution in [3.63, 3.8) is 0 Å². The molecule has 4 rings (SSSR count). The first-order valence-electron chi connectivity index (χ1n) is 7.92. The van der Waals surface area contributed by atoms with Gasteiger partial charge in [0.2, 0.25) is 0 Å². The second kappa shape index (κ2) is 5.37. The van der Waals surface area contributed by atoms with Crippen LogP contribution in [0.5, 0.6) is 0 Å². The first kappa shape index (κ1) is 12.6. The molecule has 3 heteroatoms. The Morgan fingerprint density at radius 3 is 2.95 bits per heavy atom. The van der Waals surface area contributed by atoms with Crippen LogP contribution in [0, 0.1) is 17.8 Å². The highest BCUT2D eigenvalue weighted by molar-refractivity contribution is 5.70. The van der Waals surface area contributed by atoms with Gasteiger partial charge < -0.3 is 0 Å². The minimum atomic E-state index is 0.802. The van der Waals surface area contributed by atoms with Crippen LogP contribution in [0.3, 0.4) is 0 Å². The van der Waals surface area contributed by atoms with Gasteiger partial charge in [-0.2, -0.15) is 0 Å². The van der Waals surface area contributed by atoms with E-state index >= 15 is 0 Å². The quantitative estimate of drug-likeness (QED) is 0.748. The largest absolute Gasteiger partial charge is 0.243 e. The maximum Gasteiger partial charge on any atom is 0.163 e. The highest BCUT2D eigenvalue weighted by Gasteiger charge is 2.20. The molecule has 0 saturated heterocycles. The third-order valence-corrected chi connectivity index (χ3v) is 4.67. The molecule has 106 valence electrons. The third-order valence-electron chi connectivity index (χ3n) is 4.67. The summed E-state index contributed by atoms with van der Waals surface area (Å²) in [5, 5.41) is 8.57. The number of nitrogens with zero attached hydrogens (tertiary/aromatic N) is 3. The van der Waals surface area contributed by atoms with Crippen molar-refractivity contribution in [3.8, 4) is 23.1 Å². The second-order valence-electron chi connectivity index (χ2n) is 6.07. The average molecular weight is 277 g/mol. The fraction of sp³-hybridized carbons (Fsp3) is 0.444. The number of fused-ring (bicyclic) bond motifs is 3. The molecule has 2 aliphatic rings. The second-order valence-corrected chi connectivity index (χ2v) is 6.07. The fourth-order valence-corrected chi connectivity index (χ4v) is 3.51. The van der Waals surface area contributed by atoms with E-state index in [9.17, 15) is 0 Å². The van der Waals surface area contributed by atoms with Gasteiger partial charge in [-0.3, -0.25) is 0 Å². The van der Waals surface area contributed by atoms with E-state index in [1.807, 2.05) is 4.68 Å². The molecule has 0 atom stereocenters. The van der Waals surface area contributed by atoms with E-state index in [0.717, 1.165) is 36.7 Å². The third kappa shape index (κ3) is 2.35. The molecule has 1 aliphatic heterocycles. The molecule has 0 spiro atoms. The number of hydrogen-bond acceptors (Lipinski definition) is 2. The SMILES string of the molecule is C(#Cc1nnn2c1-c1ccccc1CC2)CC1CCCC1. The van der Waals surface area contributed by atoms with Gasteiger partial charge >= 0.3 is 0 Å². The summed E-state index contributed by atoms with van der Waals surface area (Å²) in [5.41, 5.74) is 4.58. The molecule has 0 unspecified atom stereocenters. The van der Waals surface area contributed by atoms with Crippen molar-refractivity contribution >= 4 is 0 Å². The summed E-state index contributed by atoms with van der Waals surface area (Å²) >= 11 is 0. The van der Waals surface area contributed by atoms with Crippen LogP contribution in [0.15, 0.2) is 24.3 Å². The molecular formula is C18H19N3. The van der Waals surface area contributed by atoms with Crippen molar-refractivity contribution < 1.29 is 0 Å². The molecule has 21 heavy (non-hydrogen) atoms. The zero-order valence-corrected chi connectivity index (χ0v) is 12.2. The smallest absolute Gasteiger partial charge is 0.163 e. The van der Waals surface area contributed by atoms with Gasteiger partial charge in [0.05, 0.1) is 0 Å². The van der Waals surface area contributed by atoms with Crippen LogP contribution in [-0.2, 0) is 13.0 Å². The molecule has 2 heterocycles. The van der Waals surface area contributed by atoms with E-state index in [2.05, 4.69) is 46.4 Å². The summed E-state index contributed by atoms with van der Waals surface area (Å²) in [7, 11) is 0. The summed E-state index contributed by atoms with van der Waals surface area (Å²) in [4.78, 5) is 0. The van der Waals surface area contributed by atoms with E-state index in [-0.39, 0.29) is 0 Å². The lowest BCUT2D eigenvalue weighted by Crippen LogP contribution is -2.12. The normalized spacial score (nSPS) is 17.0. The van der Waals surface area contributed by atoms with E-state index < -0.39 is 0 Å². The van der Waals surface area contributed by atoms with Gasteiger partial charge in [-0.15, -0.1) is 5.10 Å². The van der Waals surface area contributed by atoms with E-state index in [4.69, 9.17) is 0 Å². The van der Waals surface area contributed by atoms with Gasteiger partial charge in [0.15, 0.2) is 5.69 Å². The number of benzene rings is 1. The molecule has 1 saturated carbocycles. The van der Waals surface area contributed by atoms with Crippen LogP contribution in [0.1, 0.15) is 43.4 Å². The van der Waals surface area contributed by atoms with Crippen LogP contribution < -0.4 is 0 Å². The van der Waals surface area contributed by atoms with Gasteiger partial charge in [0.1, 0.15) is 5.69 Å². The zero-order chi connectivity index (χ0) is 14.1. The Kier molecular flexibility index (Phi) is 3.23. The molecule has 3 nitrogen and oxygen atoms in total. The molecule has 1 aliphatic carbocycles. The van der Waals surface area contributed by atoms with E-state index in [1.165, 1.54) is 36.8 Å². The molecule has 0 bridgehead atoms. The van der Waals surface area contributed by atoms with Gasteiger partial charge in [-0.25, -0.2) is 4.68 Å². The lowest BCUT2D eigenvalue weighted by atomic mass is 9.97. The summed E-state index contributed by atoms with van der Waals surface area (Å²) < 4.78 is 2.00. The summed E-state index contributed by atoms with van der Waals surface area (Å²) in [5.74, 6) is 7.42. The van der Waals surface area contributed by atoms with Crippen LogP contribution in [0.2, 0.25) is 0 Å². The number of rotatable bonds is 1. The average Bonchev–Trinajstić information content (AvgIpc) is 3.17. The summed E-state index contributed by atoms with van der Waals surface area (Å²) in [6.07, 6.45) is 7.48. The first-order valence-corrected chi connectivity index (χ1v) is 7.92. The summed E-state index contributed by atoms with van der Waals surface area (Å²) in [6.45, 7) is 0.906. The highest BCUT2D eigenvalue weighted by atomic mass is 15.4. The first-order chi connectivity index (χ1) is 10.4. The standard InChI is InChI=1S/C18H19N3/c1-2-7-14(6-1)8-5-11-17-18-16-10-4-3-9-15(16)12-13-21(18)20-19-17/h3-4,9-10,14H,1-2,6-8,12-13H2. The Labute approximate surface area is 125 Å². The van der Waals surface area contributed by atoms with Crippen molar-refractivity contribution in [1.29, 1.82) is 0 Å². The molecule has 1 aromatic heterocycles. The van der Waals surface area contributed by atoms with Gasteiger partial charge in [0, 0.05) is 18.5 Å². The predicted octanol–water partition coefficient (Wildman–Crippen LogP) is 3.43. The number of aryl methyl sites for hydroxylation is 2. The molecule has 0 amide bonds. The predicted molar refractivity (Wildman–Crippen MR) is 82.6 cm³/mol. The van der Waals surface area contributed by atoms with E-state index in [0.29, 0.717) is 0 Å². The Bertz CT molecular complexity index is 712. The van der Waals surface area contributed by atoms with Gasteiger partial charge in [-0.05, 0) is 36.7 Å². The Balaban J connectivity index is 1.64. The Morgan fingerprint density at radius 1 is 1.19 bits per heavy atom. The van der Waals surface area contributed by atoms with Crippen LogP contribution in [0.4, 0.5) is 0 Å². The minimum Gasteiger partial charge on any atom is -0.243 e. The molecule has 2 aromatic rings. The number of aromatic nitrogens is 3. The molecule has 0 N–H and O–H groups in total. The van der Waals surface area contributed by atoms with Gasteiger partial charge in [0.25, 0.3) is 0 Å². The molecule has 1 fully saturated rings. The van der Waals surface area contributed by atoms with Crippen molar-refractivity contribution in [2.45, 2.75) is 45.1 Å². The fourth-order valence-electron chi connectivity index (χ4n) is 3.51. The summed E-state index contributed by atoms with van der Waals surface area (Å²) in [6, 6.07) is 8.54. The lowest BCUT2D eigenvalue weighted by molar-refractivity contribution is 0.566. The van der Waals surface area contributed by atoms with E-state index in [1.54, 1.807) is 0 Å². The molecule has 1 aromatic carbocycles. The van der Waals surface area contributed by atoms with Crippen molar-refractivity contribution in [3.05, 3.63) is 35.5 Å². The number of hydrogen-bond donors (Lipinski definition) is 0.